The third-order valence-electron chi connectivity index (χ3n) is 3.03. The molecule has 16 heavy (non-hydrogen) atoms. The second kappa shape index (κ2) is 5.45. The van der Waals surface area contributed by atoms with Gasteiger partial charge in [-0.05, 0) is 53.4 Å². The van der Waals surface area contributed by atoms with E-state index in [9.17, 15) is 0 Å². The summed E-state index contributed by atoms with van der Waals surface area (Å²) in [5, 5.41) is 2.78. The summed E-state index contributed by atoms with van der Waals surface area (Å²) in [7, 11) is 1.97. The van der Waals surface area contributed by atoms with Gasteiger partial charge in [-0.15, -0.1) is 0 Å². The maximum absolute atomic E-state index is 5.89. The van der Waals surface area contributed by atoms with Crippen molar-refractivity contribution in [1.82, 2.24) is 15.4 Å². The number of rotatable bonds is 2. The van der Waals surface area contributed by atoms with E-state index >= 15 is 0 Å². The summed E-state index contributed by atoms with van der Waals surface area (Å²) in [5.41, 5.74) is 4.47. The molecule has 0 radical (unpaired) electrons. The highest BCUT2D eigenvalue weighted by Gasteiger charge is 2.21. The van der Waals surface area contributed by atoms with Gasteiger partial charge in [-0.25, -0.2) is 9.99 Å². The minimum Gasteiger partial charge on any atom is -0.258 e. The van der Waals surface area contributed by atoms with Crippen molar-refractivity contribution in [2.24, 2.45) is 0 Å². The van der Waals surface area contributed by atoms with E-state index < -0.39 is 0 Å². The van der Waals surface area contributed by atoms with Crippen LogP contribution >= 0.6 is 27.5 Å². The Labute approximate surface area is 109 Å². The van der Waals surface area contributed by atoms with Crippen LogP contribution in [0.4, 0.5) is 0 Å². The minimum atomic E-state index is 0.532. The highest BCUT2D eigenvalue weighted by Crippen LogP contribution is 2.29. The van der Waals surface area contributed by atoms with E-state index in [1.54, 1.807) is 0 Å². The predicted molar refractivity (Wildman–Crippen MR) is 69.6 cm³/mol. The van der Waals surface area contributed by atoms with Gasteiger partial charge >= 0.3 is 0 Å². The van der Waals surface area contributed by atoms with Gasteiger partial charge in [-0.3, -0.25) is 5.43 Å². The van der Waals surface area contributed by atoms with E-state index in [-0.39, 0.29) is 0 Å². The molecule has 0 spiro atoms. The van der Waals surface area contributed by atoms with Crippen LogP contribution in [0.2, 0.25) is 5.15 Å². The number of hydrogen-bond acceptors (Lipinski definition) is 3. The molecule has 3 nitrogen and oxygen atoms in total. The molecule has 2 rings (SSSR count). The number of piperidine rings is 1. The molecule has 0 bridgehead atoms. The summed E-state index contributed by atoms with van der Waals surface area (Å²) in [6, 6.07) is 2.08. The molecule has 0 aliphatic carbocycles. The Morgan fingerprint density at radius 1 is 1.62 bits per heavy atom. The fraction of sp³-hybridized carbons (Fsp3) is 0.545. The Kier molecular flexibility index (Phi) is 4.19. The molecule has 5 heteroatoms. The third kappa shape index (κ3) is 2.74. The molecular weight excluding hydrogens is 289 g/mol. The maximum Gasteiger partial charge on any atom is 0.143 e. The number of pyridine rings is 1. The molecule has 1 aliphatic heterocycles. The van der Waals surface area contributed by atoms with Gasteiger partial charge in [0.1, 0.15) is 5.15 Å². The van der Waals surface area contributed by atoms with Gasteiger partial charge in [0.05, 0.1) is 4.47 Å². The largest absolute Gasteiger partial charge is 0.258 e. The lowest BCUT2D eigenvalue weighted by Crippen LogP contribution is -2.42. The van der Waals surface area contributed by atoms with Gasteiger partial charge < -0.3 is 0 Å². The van der Waals surface area contributed by atoms with Crippen molar-refractivity contribution in [1.29, 1.82) is 0 Å². The topological polar surface area (TPSA) is 28.2 Å². The first-order valence-corrected chi connectivity index (χ1v) is 6.61. The molecule has 1 N–H and O–H groups in total. The first-order valence-electron chi connectivity index (χ1n) is 5.44. The van der Waals surface area contributed by atoms with Crippen LogP contribution in [-0.2, 0) is 0 Å². The Hall–Kier alpha value is -0.160. The number of hydrazine groups is 1. The molecule has 0 saturated carbocycles. The maximum atomic E-state index is 5.89. The zero-order chi connectivity index (χ0) is 11.5. The van der Waals surface area contributed by atoms with Crippen LogP contribution in [0.1, 0.15) is 24.3 Å². The van der Waals surface area contributed by atoms with Crippen molar-refractivity contribution in [2.75, 3.05) is 20.1 Å². The fourth-order valence-electron chi connectivity index (χ4n) is 2.11. The number of halogens is 2. The van der Waals surface area contributed by atoms with Crippen molar-refractivity contribution in [2.45, 2.75) is 18.8 Å². The van der Waals surface area contributed by atoms with Crippen molar-refractivity contribution >= 4 is 27.5 Å². The van der Waals surface area contributed by atoms with E-state index in [2.05, 4.69) is 37.4 Å². The highest BCUT2D eigenvalue weighted by molar-refractivity contribution is 9.10. The quantitative estimate of drug-likeness (QED) is 0.852. The first-order chi connectivity index (χ1) is 7.70. The fourth-order valence-corrected chi connectivity index (χ4v) is 2.58. The van der Waals surface area contributed by atoms with Crippen LogP contribution in [-0.4, -0.2) is 30.1 Å². The molecule has 0 amide bonds. The molecule has 0 unspecified atom stereocenters. The number of hydrogen-bond donors (Lipinski definition) is 1. The Bertz CT molecular complexity index is 372. The van der Waals surface area contributed by atoms with Gasteiger partial charge in [0.15, 0.2) is 0 Å². The van der Waals surface area contributed by atoms with Crippen molar-refractivity contribution < 1.29 is 0 Å². The average Bonchev–Trinajstić information content (AvgIpc) is 2.33. The molecule has 1 atom stereocenters. The summed E-state index contributed by atoms with van der Waals surface area (Å²) in [6.07, 6.45) is 4.32. The molecule has 0 aromatic carbocycles. The van der Waals surface area contributed by atoms with Crippen LogP contribution in [0.25, 0.3) is 0 Å². The Morgan fingerprint density at radius 3 is 3.12 bits per heavy atom. The second-order valence-electron chi connectivity index (χ2n) is 4.05. The highest BCUT2D eigenvalue weighted by atomic mass is 79.9. The van der Waals surface area contributed by atoms with E-state index in [4.69, 9.17) is 11.6 Å². The van der Waals surface area contributed by atoms with Crippen LogP contribution in [0.3, 0.4) is 0 Å². The summed E-state index contributed by atoms with van der Waals surface area (Å²) < 4.78 is 0.883. The molecule has 1 aromatic rings. The molecule has 1 saturated heterocycles. The SMILES string of the molecule is CNN1CCC[C@H](c2cnc(Cl)c(Br)c2)C1. The zero-order valence-corrected chi connectivity index (χ0v) is 11.6. The summed E-state index contributed by atoms with van der Waals surface area (Å²) in [5.74, 6) is 0.544. The first kappa shape index (κ1) is 12.3. The molecule has 1 aliphatic rings. The molecule has 88 valence electrons. The van der Waals surface area contributed by atoms with E-state index in [0.717, 1.165) is 17.6 Å². The van der Waals surface area contributed by atoms with Gasteiger partial charge in [-0.1, -0.05) is 11.6 Å². The third-order valence-corrected chi connectivity index (χ3v) is 4.16. The molecule has 2 heterocycles. The smallest absolute Gasteiger partial charge is 0.143 e. The molecular formula is C11H15BrClN3. The van der Waals surface area contributed by atoms with Crippen LogP contribution in [0.15, 0.2) is 16.7 Å². The Morgan fingerprint density at radius 2 is 2.44 bits per heavy atom. The van der Waals surface area contributed by atoms with E-state index in [1.165, 1.54) is 18.4 Å². The van der Waals surface area contributed by atoms with Gasteiger partial charge in [0.2, 0.25) is 0 Å². The molecule has 1 fully saturated rings. The standard InChI is InChI=1S/C11H15BrClN3/c1-14-16-4-2-3-8(7-16)9-5-10(12)11(13)15-6-9/h5-6,8,14H,2-4,7H2,1H3/t8-/m0/s1. The van der Waals surface area contributed by atoms with Crippen molar-refractivity contribution in [3.63, 3.8) is 0 Å². The van der Waals surface area contributed by atoms with Crippen LogP contribution in [0, 0.1) is 0 Å². The zero-order valence-electron chi connectivity index (χ0n) is 9.21. The number of nitrogens with one attached hydrogen (secondary N) is 1. The predicted octanol–water partition coefficient (Wildman–Crippen LogP) is 2.81. The van der Waals surface area contributed by atoms with E-state index in [1.807, 2.05) is 13.2 Å². The van der Waals surface area contributed by atoms with Crippen molar-refractivity contribution in [3.05, 3.63) is 27.5 Å². The summed E-state index contributed by atoms with van der Waals surface area (Å²) >= 11 is 9.32. The Balaban J connectivity index is 2.13. The average molecular weight is 305 g/mol. The molecule has 1 aromatic heterocycles. The number of aromatic nitrogens is 1. The van der Waals surface area contributed by atoms with Gasteiger partial charge in [0.25, 0.3) is 0 Å². The lowest BCUT2D eigenvalue weighted by Gasteiger charge is -2.32. The van der Waals surface area contributed by atoms with Gasteiger partial charge in [0, 0.05) is 19.3 Å². The van der Waals surface area contributed by atoms with E-state index in [0.29, 0.717) is 11.1 Å². The summed E-state index contributed by atoms with van der Waals surface area (Å²) in [4.78, 5) is 4.18. The second-order valence-corrected chi connectivity index (χ2v) is 5.26. The lowest BCUT2D eigenvalue weighted by atomic mass is 9.92. The number of nitrogens with zero attached hydrogens (tertiary/aromatic N) is 2. The monoisotopic (exact) mass is 303 g/mol. The van der Waals surface area contributed by atoms with Crippen LogP contribution < -0.4 is 5.43 Å². The van der Waals surface area contributed by atoms with Crippen LogP contribution in [0.5, 0.6) is 0 Å². The lowest BCUT2D eigenvalue weighted by molar-refractivity contribution is 0.154. The minimum absolute atomic E-state index is 0.532. The van der Waals surface area contributed by atoms with Gasteiger partial charge in [-0.2, -0.15) is 0 Å². The summed E-state index contributed by atoms with van der Waals surface area (Å²) in [6.45, 7) is 2.15. The normalized spacial score (nSPS) is 22.3. The van der Waals surface area contributed by atoms with Crippen molar-refractivity contribution in [3.8, 4) is 0 Å².